The van der Waals surface area contributed by atoms with Crippen molar-refractivity contribution < 1.29 is 0 Å². The molecule has 2 atom stereocenters. The van der Waals surface area contributed by atoms with Crippen LogP contribution in [0.5, 0.6) is 0 Å². The molecule has 0 bridgehead atoms. The fourth-order valence-corrected chi connectivity index (χ4v) is 2.46. The maximum absolute atomic E-state index is 2.61. The molecule has 0 radical (unpaired) electrons. The van der Waals surface area contributed by atoms with Crippen LogP contribution < -0.4 is 0 Å². The lowest BCUT2D eigenvalue weighted by Gasteiger charge is -2.44. The average molecular weight is 212 g/mol. The molecule has 2 unspecified atom stereocenters. The predicted octanol–water partition coefficient (Wildman–Crippen LogP) is 2.45. The quantitative estimate of drug-likeness (QED) is 0.709. The van der Waals surface area contributed by atoms with Gasteiger partial charge in [0.05, 0.1) is 0 Å². The zero-order valence-electron chi connectivity index (χ0n) is 11.3. The maximum Gasteiger partial charge on any atom is 0.0248 e. The van der Waals surface area contributed by atoms with Crippen LogP contribution in [0.4, 0.5) is 0 Å². The van der Waals surface area contributed by atoms with Crippen LogP contribution >= 0.6 is 0 Å². The molecule has 15 heavy (non-hydrogen) atoms. The van der Waals surface area contributed by atoms with Crippen LogP contribution in [0.25, 0.3) is 0 Å². The van der Waals surface area contributed by atoms with Gasteiger partial charge in [0, 0.05) is 24.7 Å². The highest BCUT2D eigenvalue weighted by molar-refractivity contribution is 4.86. The lowest BCUT2D eigenvalue weighted by molar-refractivity contribution is 0.0438. The highest BCUT2D eigenvalue weighted by Crippen LogP contribution is 2.23. The van der Waals surface area contributed by atoms with Crippen molar-refractivity contribution in [3.8, 4) is 0 Å². The zero-order valence-corrected chi connectivity index (χ0v) is 11.3. The van der Waals surface area contributed by atoms with E-state index in [2.05, 4.69) is 51.5 Å². The van der Waals surface area contributed by atoms with Gasteiger partial charge in [-0.25, -0.2) is 0 Å². The Morgan fingerprint density at radius 1 is 1.20 bits per heavy atom. The first kappa shape index (κ1) is 13.0. The number of likely N-dealkylation sites (N-methyl/N-ethyl adjacent to an activating group) is 1. The monoisotopic (exact) mass is 212 g/mol. The van der Waals surface area contributed by atoms with Gasteiger partial charge >= 0.3 is 0 Å². The van der Waals surface area contributed by atoms with E-state index in [1.165, 1.54) is 19.5 Å². The van der Waals surface area contributed by atoms with E-state index in [1.807, 2.05) is 0 Å². The molecule has 2 nitrogen and oxygen atoms in total. The lowest BCUT2D eigenvalue weighted by atomic mass is 9.91. The third kappa shape index (κ3) is 3.18. The molecule has 90 valence electrons. The van der Waals surface area contributed by atoms with Gasteiger partial charge < -0.3 is 0 Å². The Hall–Kier alpha value is -0.0800. The summed E-state index contributed by atoms with van der Waals surface area (Å²) in [6, 6.07) is 2.09. The molecule has 0 amide bonds. The molecule has 1 saturated heterocycles. The van der Waals surface area contributed by atoms with Crippen molar-refractivity contribution >= 4 is 0 Å². The smallest absolute Gasteiger partial charge is 0.0248 e. The van der Waals surface area contributed by atoms with Crippen molar-refractivity contribution in [2.24, 2.45) is 5.92 Å². The van der Waals surface area contributed by atoms with Crippen LogP contribution in [0.3, 0.4) is 0 Å². The Morgan fingerprint density at radius 2 is 1.80 bits per heavy atom. The summed E-state index contributed by atoms with van der Waals surface area (Å²) in [4.78, 5) is 5.16. The van der Waals surface area contributed by atoms with Crippen LogP contribution in [0, 0.1) is 5.92 Å². The van der Waals surface area contributed by atoms with Gasteiger partial charge in [-0.1, -0.05) is 6.92 Å². The summed E-state index contributed by atoms with van der Waals surface area (Å²) in [6.07, 6.45) is 1.35. The number of rotatable bonds is 3. The Morgan fingerprint density at radius 3 is 2.27 bits per heavy atom. The molecule has 1 heterocycles. The van der Waals surface area contributed by atoms with Crippen molar-refractivity contribution in [3.05, 3.63) is 0 Å². The number of nitrogens with zero attached hydrogens (tertiary/aromatic N) is 2. The van der Waals surface area contributed by atoms with E-state index in [9.17, 15) is 0 Å². The van der Waals surface area contributed by atoms with Crippen LogP contribution in [0.15, 0.2) is 0 Å². The Balaban J connectivity index is 2.61. The molecular formula is C13H28N2. The van der Waals surface area contributed by atoms with Gasteiger partial charge in [0.1, 0.15) is 0 Å². The zero-order chi connectivity index (χ0) is 11.6. The van der Waals surface area contributed by atoms with Gasteiger partial charge in [-0.3, -0.25) is 9.80 Å². The summed E-state index contributed by atoms with van der Waals surface area (Å²) >= 11 is 0. The van der Waals surface area contributed by atoms with Gasteiger partial charge in [-0.05, 0) is 53.6 Å². The molecule has 1 aliphatic heterocycles. The second-order valence-electron chi connectivity index (χ2n) is 5.68. The second-order valence-corrected chi connectivity index (χ2v) is 5.68. The molecule has 0 aromatic carbocycles. The summed E-state index contributed by atoms with van der Waals surface area (Å²) in [5, 5.41) is 0. The highest BCUT2D eigenvalue weighted by atomic mass is 15.2. The predicted molar refractivity (Wildman–Crippen MR) is 67.2 cm³/mol. The third-order valence-electron chi connectivity index (χ3n) is 4.02. The summed E-state index contributed by atoms with van der Waals surface area (Å²) in [6.45, 7) is 14.1. The normalized spacial score (nSPS) is 29.4. The molecular weight excluding hydrogens is 184 g/mol. The second kappa shape index (κ2) is 5.31. The van der Waals surface area contributed by atoms with Crippen molar-refractivity contribution in [1.82, 2.24) is 9.80 Å². The van der Waals surface area contributed by atoms with E-state index in [0.717, 1.165) is 12.0 Å². The molecule has 1 fully saturated rings. The van der Waals surface area contributed by atoms with E-state index in [1.54, 1.807) is 0 Å². The topological polar surface area (TPSA) is 6.48 Å². The Kier molecular flexibility index (Phi) is 4.60. The largest absolute Gasteiger partial charge is 0.299 e. The average Bonchev–Trinajstić information content (AvgIpc) is 2.16. The minimum atomic E-state index is 0.657. The van der Waals surface area contributed by atoms with E-state index in [-0.39, 0.29) is 0 Å². The summed E-state index contributed by atoms with van der Waals surface area (Å²) in [5.41, 5.74) is 0. The minimum absolute atomic E-state index is 0.657. The molecule has 2 heteroatoms. The van der Waals surface area contributed by atoms with Crippen LogP contribution in [-0.2, 0) is 0 Å². The number of hydrogen-bond acceptors (Lipinski definition) is 2. The first-order chi connectivity index (χ1) is 6.93. The molecule has 0 aromatic heterocycles. The summed E-state index contributed by atoms with van der Waals surface area (Å²) in [5.74, 6) is 0.840. The van der Waals surface area contributed by atoms with Gasteiger partial charge in [0.2, 0.25) is 0 Å². The van der Waals surface area contributed by atoms with Gasteiger partial charge in [-0.2, -0.15) is 0 Å². The fourth-order valence-electron chi connectivity index (χ4n) is 2.46. The highest BCUT2D eigenvalue weighted by Gasteiger charge is 2.30. The van der Waals surface area contributed by atoms with E-state index in [4.69, 9.17) is 0 Å². The van der Waals surface area contributed by atoms with Crippen LogP contribution in [0.2, 0.25) is 0 Å². The van der Waals surface area contributed by atoms with E-state index < -0.39 is 0 Å². The molecule has 0 spiro atoms. The SMILES string of the molecule is CC1CCN(C(C)C)CC1N(C)C(C)C. The van der Waals surface area contributed by atoms with Gasteiger partial charge in [-0.15, -0.1) is 0 Å². The standard InChI is InChI=1S/C13H28N2/c1-10(2)14(6)13-9-15(11(3)4)8-7-12(13)5/h10-13H,7-9H2,1-6H3. The van der Waals surface area contributed by atoms with Crippen LogP contribution in [-0.4, -0.2) is 48.1 Å². The minimum Gasteiger partial charge on any atom is -0.299 e. The van der Waals surface area contributed by atoms with E-state index >= 15 is 0 Å². The first-order valence-corrected chi connectivity index (χ1v) is 6.39. The van der Waals surface area contributed by atoms with Crippen molar-refractivity contribution in [2.45, 2.75) is 59.2 Å². The molecule has 0 saturated carbocycles. The summed E-state index contributed by atoms with van der Waals surface area (Å²) < 4.78 is 0. The number of likely N-dealkylation sites (tertiary alicyclic amines) is 1. The third-order valence-corrected chi connectivity index (χ3v) is 4.02. The maximum atomic E-state index is 2.61. The Labute approximate surface area is 95.6 Å². The van der Waals surface area contributed by atoms with Crippen molar-refractivity contribution in [3.63, 3.8) is 0 Å². The molecule has 0 aliphatic carbocycles. The van der Waals surface area contributed by atoms with Crippen molar-refractivity contribution in [2.75, 3.05) is 20.1 Å². The fraction of sp³-hybridized carbons (Fsp3) is 1.00. The number of hydrogen-bond donors (Lipinski definition) is 0. The Bertz CT molecular complexity index is 189. The van der Waals surface area contributed by atoms with E-state index in [0.29, 0.717) is 12.1 Å². The summed E-state index contributed by atoms with van der Waals surface area (Å²) in [7, 11) is 2.27. The molecule has 0 N–H and O–H groups in total. The molecule has 1 aliphatic rings. The van der Waals surface area contributed by atoms with Crippen LogP contribution in [0.1, 0.15) is 41.0 Å². The van der Waals surface area contributed by atoms with Gasteiger partial charge in [0.25, 0.3) is 0 Å². The van der Waals surface area contributed by atoms with Crippen molar-refractivity contribution in [1.29, 1.82) is 0 Å². The lowest BCUT2D eigenvalue weighted by Crippen LogP contribution is -2.54. The number of piperidine rings is 1. The molecule has 1 rings (SSSR count). The first-order valence-electron chi connectivity index (χ1n) is 6.39. The van der Waals surface area contributed by atoms with Gasteiger partial charge in [0.15, 0.2) is 0 Å². The molecule has 0 aromatic rings.